The van der Waals surface area contributed by atoms with Gasteiger partial charge in [-0.3, -0.25) is 10.1 Å². The van der Waals surface area contributed by atoms with Crippen molar-refractivity contribution in [2.75, 3.05) is 11.9 Å². The highest BCUT2D eigenvalue weighted by atomic mass is 35.5. The lowest BCUT2D eigenvalue weighted by molar-refractivity contribution is -0.125. The first-order valence-electron chi connectivity index (χ1n) is 9.03. The van der Waals surface area contributed by atoms with E-state index in [9.17, 15) is 9.59 Å². The lowest BCUT2D eigenvalue weighted by atomic mass is 9.87. The Bertz CT molecular complexity index is 1050. The van der Waals surface area contributed by atoms with E-state index in [1.807, 2.05) is 30.5 Å². The van der Waals surface area contributed by atoms with E-state index in [0.29, 0.717) is 18.0 Å². The third-order valence-corrected chi connectivity index (χ3v) is 6.60. The van der Waals surface area contributed by atoms with E-state index in [2.05, 4.69) is 26.0 Å². The number of fused-ring (bicyclic) bond motifs is 1. The average molecular weight is 417 g/mol. The summed E-state index contributed by atoms with van der Waals surface area (Å²) in [6, 6.07) is 7.11. The number of benzene rings is 1. The van der Waals surface area contributed by atoms with Crippen LogP contribution in [0.15, 0.2) is 30.5 Å². The summed E-state index contributed by atoms with van der Waals surface area (Å²) in [6.07, 6.45) is 4.33. The van der Waals surface area contributed by atoms with Crippen molar-refractivity contribution in [1.82, 2.24) is 25.2 Å². The first-order chi connectivity index (χ1) is 13.5. The minimum atomic E-state index is -0.788. The molecule has 144 valence electrons. The predicted octanol–water partition coefficient (Wildman–Crippen LogP) is 2.90. The SMILES string of the molecule is O=C1NC(=O)C2(CCCC2CNc2nn3cc(-c4ccc(Cl)cc4)nc3s2)N1. The first-order valence-corrected chi connectivity index (χ1v) is 10.2. The molecule has 1 saturated heterocycles. The van der Waals surface area contributed by atoms with Gasteiger partial charge in [0.25, 0.3) is 5.91 Å². The van der Waals surface area contributed by atoms with Gasteiger partial charge < -0.3 is 10.6 Å². The molecule has 1 aliphatic heterocycles. The molecule has 8 nitrogen and oxygen atoms in total. The second-order valence-electron chi connectivity index (χ2n) is 7.12. The maximum absolute atomic E-state index is 12.3. The number of anilines is 1. The largest absolute Gasteiger partial charge is 0.360 e. The van der Waals surface area contributed by atoms with Crippen LogP contribution in [0.5, 0.6) is 0 Å². The molecular weight excluding hydrogens is 400 g/mol. The van der Waals surface area contributed by atoms with Crippen LogP contribution in [0.2, 0.25) is 5.02 Å². The summed E-state index contributed by atoms with van der Waals surface area (Å²) in [7, 11) is 0. The molecule has 2 unspecified atom stereocenters. The van der Waals surface area contributed by atoms with E-state index in [4.69, 9.17) is 11.6 Å². The van der Waals surface area contributed by atoms with Gasteiger partial charge in [0.05, 0.1) is 11.9 Å². The molecule has 3 heterocycles. The van der Waals surface area contributed by atoms with Crippen LogP contribution in [0.25, 0.3) is 16.2 Å². The Labute approximate surface area is 169 Å². The third kappa shape index (κ3) is 2.82. The number of rotatable bonds is 4. The number of aromatic nitrogens is 3. The Morgan fingerprint density at radius 1 is 1.32 bits per heavy atom. The summed E-state index contributed by atoms with van der Waals surface area (Å²) in [4.78, 5) is 29.3. The van der Waals surface area contributed by atoms with Gasteiger partial charge in [-0.25, -0.2) is 14.3 Å². The quantitative estimate of drug-likeness (QED) is 0.568. The second-order valence-corrected chi connectivity index (χ2v) is 8.51. The number of halogens is 1. The fourth-order valence-electron chi connectivity index (χ4n) is 4.06. The van der Waals surface area contributed by atoms with Crippen molar-refractivity contribution in [2.24, 2.45) is 5.92 Å². The molecule has 0 bridgehead atoms. The molecular formula is C18H17ClN6O2S. The molecule has 2 aromatic heterocycles. The Morgan fingerprint density at radius 3 is 2.86 bits per heavy atom. The number of hydrogen-bond acceptors (Lipinski definition) is 6. The van der Waals surface area contributed by atoms with Crippen LogP contribution < -0.4 is 16.0 Å². The van der Waals surface area contributed by atoms with Gasteiger partial charge in [-0.05, 0) is 25.0 Å². The smallest absolute Gasteiger partial charge is 0.322 e. The number of imide groups is 1. The zero-order chi connectivity index (χ0) is 19.3. The summed E-state index contributed by atoms with van der Waals surface area (Å²) in [5.41, 5.74) is 1.03. The number of urea groups is 1. The van der Waals surface area contributed by atoms with E-state index in [-0.39, 0.29) is 11.8 Å². The van der Waals surface area contributed by atoms with E-state index >= 15 is 0 Å². The number of hydrogen-bond donors (Lipinski definition) is 3. The molecule has 1 aliphatic carbocycles. The fourth-order valence-corrected chi connectivity index (χ4v) is 4.98. The number of amides is 3. The molecule has 2 fully saturated rings. The summed E-state index contributed by atoms with van der Waals surface area (Å²) < 4.78 is 1.74. The fraction of sp³-hybridized carbons (Fsp3) is 0.333. The minimum absolute atomic E-state index is 0.0276. The maximum atomic E-state index is 12.3. The third-order valence-electron chi connectivity index (χ3n) is 5.47. The highest BCUT2D eigenvalue weighted by molar-refractivity contribution is 7.20. The van der Waals surface area contributed by atoms with E-state index < -0.39 is 11.6 Å². The molecule has 5 rings (SSSR count). The Morgan fingerprint density at radius 2 is 2.14 bits per heavy atom. The highest BCUT2D eigenvalue weighted by Gasteiger charge is 2.54. The Hall–Kier alpha value is -2.65. The van der Waals surface area contributed by atoms with Crippen molar-refractivity contribution in [3.8, 4) is 11.3 Å². The molecule has 3 N–H and O–H groups in total. The van der Waals surface area contributed by atoms with Crippen molar-refractivity contribution in [1.29, 1.82) is 0 Å². The van der Waals surface area contributed by atoms with Crippen molar-refractivity contribution in [3.63, 3.8) is 0 Å². The molecule has 0 radical (unpaired) electrons. The van der Waals surface area contributed by atoms with E-state index in [1.165, 1.54) is 11.3 Å². The summed E-state index contributed by atoms with van der Waals surface area (Å²) in [5, 5.41) is 14.5. The second kappa shape index (κ2) is 6.46. The number of carbonyl (C=O) groups is 2. The van der Waals surface area contributed by atoms with Gasteiger partial charge in [-0.2, -0.15) is 0 Å². The molecule has 1 spiro atoms. The monoisotopic (exact) mass is 416 g/mol. The van der Waals surface area contributed by atoms with Crippen LogP contribution in [0.3, 0.4) is 0 Å². The van der Waals surface area contributed by atoms with Gasteiger partial charge in [0, 0.05) is 23.0 Å². The van der Waals surface area contributed by atoms with Crippen molar-refractivity contribution < 1.29 is 9.59 Å². The van der Waals surface area contributed by atoms with Crippen LogP contribution in [0, 0.1) is 5.92 Å². The Balaban J connectivity index is 1.31. The van der Waals surface area contributed by atoms with Gasteiger partial charge in [-0.1, -0.05) is 41.5 Å². The first kappa shape index (κ1) is 17.4. The molecule has 2 atom stereocenters. The number of carbonyl (C=O) groups excluding carboxylic acids is 2. The Kier molecular flexibility index (Phi) is 4.02. The van der Waals surface area contributed by atoms with Crippen molar-refractivity contribution >= 4 is 45.0 Å². The molecule has 10 heteroatoms. The maximum Gasteiger partial charge on any atom is 0.322 e. The van der Waals surface area contributed by atoms with Crippen LogP contribution in [0.4, 0.5) is 9.93 Å². The summed E-state index contributed by atoms with van der Waals surface area (Å²) in [6.45, 7) is 0.564. The van der Waals surface area contributed by atoms with E-state index in [1.54, 1.807) is 4.52 Å². The van der Waals surface area contributed by atoms with Gasteiger partial charge in [-0.15, -0.1) is 5.10 Å². The van der Waals surface area contributed by atoms with Gasteiger partial charge in [0.15, 0.2) is 0 Å². The van der Waals surface area contributed by atoms with Crippen LogP contribution in [-0.4, -0.2) is 38.6 Å². The highest BCUT2D eigenvalue weighted by Crippen LogP contribution is 2.38. The minimum Gasteiger partial charge on any atom is -0.360 e. The number of nitrogens with zero attached hydrogens (tertiary/aromatic N) is 3. The lowest BCUT2D eigenvalue weighted by Gasteiger charge is -2.27. The van der Waals surface area contributed by atoms with Gasteiger partial charge in [0.2, 0.25) is 10.1 Å². The standard InChI is InChI=1S/C18H17ClN6O2S/c19-12-5-3-10(4-6-12)13-9-25-17(21-13)28-16(24-25)20-8-11-2-1-7-18(11)14(26)22-15(27)23-18/h3-6,9,11H,1-2,7-8H2,(H,20,24)(H2,22,23,26,27). The number of imidazole rings is 1. The normalized spacial score (nSPS) is 24.1. The van der Waals surface area contributed by atoms with E-state index in [0.717, 1.165) is 34.2 Å². The zero-order valence-electron chi connectivity index (χ0n) is 14.7. The number of nitrogens with one attached hydrogen (secondary N) is 3. The van der Waals surface area contributed by atoms with Crippen LogP contribution in [0.1, 0.15) is 19.3 Å². The van der Waals surface area contributed by atoms with Crippen LogP contribution in [-0.2, 0) is 4.79 Å². The van der Waals surface area contributed by atoms with Crippen molar-refractivity contribution in [3.05, 3.63) is 35.5 Å². The molecule has 28 heavy (non-hydrogen) atoms. The molecule has 1 aromatic carbocycles. The topological polar surface area (TPSA) is 100 Å². The van der Waals surface area contributed by atoms with Gasteiger partial charge in [0.1, 0.15) is 5.54 Å². The molecule has 3 amide bonds. The van der Waals surface area contributed by atoms with Crippen LogP contribution >= 0.6 is 22.9 Å². The average Bonchev–Trinajstić information content (AvgIpc) is 3.38. The molecule has 3 aromatic rings. The van der Waals surface area contributed by atoms with Gasteiger partial charge >= 0.3 is 6.03 Å². The lowest BCUT2D eigenvalue weighted by Crippen LogP contribution is -2.51. The summed E-state index contributed by atoms with van der Waals surface area (Å²) >= 11 is 7.38. The van der Waals surface area contributed by atoms with Crippen molar-refractivity contribution in [2.45, 2.75) is 24.8 Å². The summed E-state index contributed by atoms with van der Waals surface area (Å²) in [5.74, 6) is -0.192. The molecule has 2 aliphatic rings. The predicted molar refractivity (Wildman–Crippen MR) is 107 cm³/mol. The zero-order valence-corrected chi connectivity index (χ0v) is 16.3. The molecule has 1 saturated carbocycles.